The molecule has 0 saturated carbocycles. The number of nitrogens with one attached hydrogen (secondary N) is 1. The fraction of sp³-hybridized carbons (Fsp3) is 0.417. The fourth-order valence-electron chi connectivity index (χ4n) is 1.31. The Morgan fingerprint density at radius 1 is 1.39 bits per heavy atom. The third-order valence-electron chi connectivity index (χ3n) is 2.42. The first-order chi connectivity index (χ1) is 8.43. The lowest BCUT2D eigenvalue weighted by atomic mass is 10.1. The Labute approximate surface area is 121 Å². The molecule has 0 spiro atoms. The Bertz CT molecular complexity index is 408. The van der Waals surface area contributed by atoms with Gasteiger partial charge in [-0.15, -0.1) is 0 Å². The molecule has 3 nitrogen and oxygen atoms in total. The Morgan fingerprint density at radius 2 is 1.94 bits per heavy atom. The van der Waals surface area contributed by atoms with Crippen LogP contribution >= 0.6 is 35.0 Å². The van der Waals surface area contributed by atoms with Crippen LogP contribution in [0.25, 0.3) is 0 Å². The normalized spacial score (nSPS) is 14.1. The number of thioether (sulfide) groups is 1. The van der Waals surface area contributed by atoms with Gasteiger partial charge in [-0.25, -0.2) is 0 Å². The van der Waals surface area contributed by atoms with Gasteiger partial charge < -0.3 is 10.4 Å². The Kier molecular flexibility index (Phi) is 6.29. The van der Waals surface area contributed by atoms with Gasteiger partial charge in [0.2, 0.25) is 0 Å². The molecule has 0 fully saturated rings. The molecule has 2 atom stereocenters. The predicted molar refractivity (Wildman–Crippen MR) is 77.4 cm³/mol. The summed E-state index contributed by atoms with van der Waals surface area (Å²) in [7, 11) is 0. The van der Waals surface area contributed by atoms with E-state index in [0.717, 1.165) is 0 Å². The largest absolute Gasteiger partial charge is 0.378 e. The molecule has 0 saturated heterocycles. The van der Waals surface area contributed by atoms with E-state index in [0.29, 0.717) is 27.4 Å². The van der Waals surface area contributed by atoms with E-state index in [-0.39, 0.29) is 0 Å². The van der Waals surface area contributed by atoms with Crippen LogP contribution in [0.1, 0.15) is 18.6 Å². The second kappa shape index (κ2) is 7.24. The zero-order valence-electron chi connectivity index (χ0n) is 10.1. The highest BCUT2D eigenvalue weighted by Crippen LogP contribution is 2.23. The summed E-state index contributed by atoms with van der Waals surface area (Å²) in [6, 6.07) is 4.60. The first kappa shape index (κ1) is 15.6. The van der Waals surface area contributed by atoms with Crippen molar-refractivity contribution >= 4 is 40.9 Å². The van der Waals surface area contributed by atoms with Crippen molar-refractivity contribution < 1.29 is 9.90 Å². The van der Waals surface area contributed by atoms with Gasteiger partial charge in [0.15, 0.2) is 6.10 Å². The molecule has 1 aromatic carbocycles. The molecule has 0 radical (unpaired) electrons. The number of halogens is 2. The molecular formula is C12H15Cl2NO2S. The van der Waals surface area contributed by atoms with Crippen molar-refractivity contribution in [2.24, 2.45) is 0 Å². The average molecular weight is 308 g/mol. The quantitative estimate of drug-likeness (QED) is 0.879. The predicted octanol–water partition coefficient (Wildman–Crippen LogP) is 2.89. The average Bonchev–Trinajstić information content (AvgIpc) is 2.33. The zero-order valence-corrected chi connectivity index (χ0v) is 12.4. The summed E-state index contributed by atoms with van der Waals surface area (Å²) in [5, 5.41) is 13.6. The van der Waals surface area contributed by atoms with Crippen LogP contribution in [0, 0.1) is 0 Å². The van der Waals surface area contributed by atoms with Crippen molar-refractivity contribution in [1.29, 1.82) is 0 Å². The van der Waals surface area contributed by atoms with Crippen molar-refractivity contribution in [3.63, 3.8) is 0 Å². The number of carbonyl (C=O) groups excluding carboxylic acids is 1. The molecule has 6 heteroatoms. The third-order valence-corrected chi connectivity index (χ3v) is 3.82. The first-order valence-corrected chi connectivity index (χ1v) is 7.43. The molecule has 1 rings (SSSR count). The maximum absolute atomic E-state index is 11.7. The van der Waals surface area contributed by atoms with E-state index in [1.807, 2.05) is 13.2 Å². The maximum atomic E-state index is 11.7. The molecule has 100 valence electrons. The number of rotatable bonds is 5. The molecule has 0 aromatic heterocycles. The lowest BCUT2D eigenvalue weighted by Gasteiger charge is -2.14. The van der Waals surface area contributed by atoms with Gasteiger partial charge in [0.1, 0.15) is 0 Å². The van der Waals surface area contributed by atoms with Crippen molar-refractivity contribution in [2.45, 2.75) is 18.3 Å². The zero-order chi connectivity index (χ0) is 13.7. The van der Waals surface area contributed by atoms with E-state index >= 15 is 0 Å². The number of carbonyl (C=O) groups is 1. The van der Waals surface area contributed by atoms with Crippen molar-refractivity contribution in [3.05, 3.63) is 33.8 Å². The highest BCUT2D eigenvalue weighted by Gasteiger charge is 2.18. The third kappa shape index (κ3) is 4.69. The highest BCUT2D eigenvalue weighted by molar-refractivity contribution is 7.99. The van der Waals surface area contributed by atoms with Crippen LogP contribution < -0.4 is 5.32 Å². The van der Waals surface area contributed by atoms with Crippen molar-refractivity contribution in [1.82, 2.24) is 5.32 Å². The summed E-state index contributed by atoms with van der Waals surface area (Å²) in [4.78, 5) is 11.7. The van der Waals surface area contributed by atoms with Crippen LogP contribution in [0.3, 0.4) is 0 Å². The van der Waals surface area contributed by atoms with Crippen LogP contribution in [0.15, 0.2) is 18.2 Å². The molecule has 1 amide bonds. The standard InChI is InChI=1S/C12H15Cl2NO2S/c1-7(18-2)6-15-12(17)11(16)8-3-9(13)5-10(14)4-8/h3-5,7,11,16H,6H2,1-2H3,(H,15,17)/t7-,11-/m1/s1. The van der Waals surface area contributed by atoms with Crippen molar-refractivity contribution in [3.8, 4) is 0 Å². The second-order valence-corrected chi connectivity index (χ2v) is 6.05. The Morgan fingerprint density at radius 3 is 2.44 bits per heavy atom. The van der Waals surface area contributed by atoms with Gasteiger partial charge in [0, 0.05) is 21.8 Å². The molecule has 0 unspecified atom stereocenters. The van der Waals surface area contributed by atoms with Crippen LogP contribution in [-0.4, -0.2) is 29.1 Å². The minimum atomic E-state index is -1.25. The van der Waals surface area contributed by atoms with Crippen LogP contribution in [-0.2, 0) is 4.79 Å². The summed E-state index contributed by atoms with van der Waals surface area (Å²) in [6.45, 7) is 2.50. The molecule has 0 bridgehead atoms. The molecular weight excluding hydrogens is 293 g/mol. The first-order valence-electron chi connectivity index (χ1n) is 5.38. The van der Waals surface area contributed by atoms with Gasteiger partial charge >= 0.3 is 0 Å². The Hall–Kier alpha value is -0.420. The van der Waals surface area contributed by atoms with Gasteiger partial charge in [-0.05, 0) is 30.0 Å². The van der Waals surface area contributed by atoms with Crippen LogP contribution in [0.5, 0.6) is 0 Å². The number of aliphatic hydroxyl groups excluding tert-OH is 1. The van der Waals surface area contributed by atoms with Gasteiger partial charge in [-0.3, -0.25) is 4.79 Å². The van der Waals surface area contributed by atoms with E-state index in [2.05, 4.69) is 5.32 Å². The van der Waals surface area contributed by atoms with Crippen LogP contribution in [0.4, 0.5) is 0 Å². The number of hydrogen-bond acceptors (Lipinski definition) is 3. The number of benzene rings is 1. The van der Waals surface area contributed by atoms with E-state index in [1.165, 1.54) is 12.1 Å². The van der Waals surface area contributed by atoms with Gasteiger partial charge in [-0.2, -0.15) is 11.8 Å². The summed E-state index contributed by atoms with van der Waals surface area (Å²) < 4.78 is 0. The second-order valence-electron chi connectivity index (χ2n) is 3.90. The summed E-state index contributed by atoms with van der Waals surface area (Å²) >= 11 is 13.3. The minimum absolute atomic E-state index is 0.295. The summed E-state index contributed by atoms with van der Waals surface area (Å²) in [5.74, 6) is -0.450. The van der Waals surface area contributed by atoms with Gasteiger partial charge in [-0.1, -0.05) is 30.1 Å². The summed E-state index contributed by atoms with van der Waals surface area (Å²) in [6.07, 6.45) is 0.708. The lowest BCUT2D eigenvalue weighted by molar-refractivity contribution is -0.129. The topological polar surface area (TPSA) is 49.3 Å². The molecule has 0 aliphatic heterocycles. The summed E-state index contributed by atoms with van der Waals surface area (Å²) in [5.41, 5.74) is 0.391. The smallest absolute Gasteiger partial charge is 0.253 e. The highest BCUT2D eigenvalue weighted by atomic mass is 35.5. The lowest BCUT2D eigenvalue weighted by Crippen LogP contribution is -2.33. The van der Waals surface area contributed by atoms with Gasteiger partial charge in [0.25, 0.3) is 5.91 Å². The molecule has 0 aliphatic rings. The van der Waals surface area contributed by atoms with Crippen LogP contribution in [0.2, 0.25) is 10.0 Å². The molecule has 1 aromatic rings. The van der Waals surface area contributed by atoms with Gasteiger partial charge in [0.05, 0.1) is 0 Å². The van der Waals surface area contributed by atoms with E-state index in [1.54, 1.807) is 17.8 Å². The van der Waals surface area contributed by atoms with E-state index in [4.69, 9.17) is 23.2 Å². The monoisotopic (exact) mass is 307 g/mol. The maximum Gasteiger partial charge on any atom is 0.253 e. The van der Waals surface area contributed by atoms with E-state index in [9.17, 15) is 9.90 Å². The number of amides is 1. The molecule has 18 heavy (non-hydrogen) atoms. The SMILES string of the molecule is CS[C@H](C)CNC(=O)[C@H](O)c1cc(Cl)cc(Cl)c1. The number of hydrogen-bond donors (Lipinski definition) is 2. The molecule has 0 aliphatic carbocycles. The van der Waals surface area contributed by atoms with Crippen molar-refractivity contribution in [2.75, 3.05) is 12.8 Å². The molecule has 0 heterocycles. The number of aliphatic hydroxyl groups is 1. The fourth-order valence-corrected chi connectivity index (χ4v) is 2.10. The molecule has 2 N–H and O–H groups in total. The van der Waals surface area contributed by atoms with E-state index < -0.39 is 12.0 Å². The Balaban J connectivity index is 2.68. The minimum Gasteiger partial charge on any atom is -0.378 e.